The minimum Gasteiger partial charge on any atom is -0.489 e. The zero-order valence-corrected chi connectivity index (χ0v) is 17.8. The van der Waals surface area contributed by atoms with E-state index in [0.717, 1.165) is 67.8 Å². The van der Waals surface area contributed by atoms with E-state index in [1.807, 2.05) is 6.07 Å². The summed E-state index contributed by atoms with van der Waals surface area (Å²) in [6, 6.07) is 10.5. The number of hydrogen-bond donors (Lipinski definition) is 1. The summed E-state index contributed by atoms with van der Waals surface area (Å²) in [5.74, 6) is 0.727. The number of ether oxygens (including phenoxy) is 1. The zero-order chi connectivity index (χ0) is 20.4. The molecule has 0 aromatic heterocycles. The highest BCUT2D eigenvalue weighted by Gasteiger charge is 2.24. The molecule has 2 aromatic rings. The fraction of sp³-hybridized carbons (Fsp3) is 0.542. The summed E-state index contributed by atoms with van der Waals surface area (Å²) in [4.78, 5) is 13.5. The first kappa shape index (κ1) is 20.5. The molecule has 5 heteroatoms. The van der Waals surface area contributed by atoms with E-state index in [1.165, 1.54) is 18.4 Å². The first-order chi connectivity index (χ1) is 14.0. The van der Waals surface area contributed by atoms with Crippen molar-refractivity contribution < 1.29 is 14.6 Å². The van der Waals surface area contributed by atoms with Crippen LogP contribution < -0.4 is 4.74 Å². The van der Waals surface area contributed by atoms with Gasteiger partial charge in [-0.25, -0.2) is 0 Å². The molecule has 0 atom stereocenters. The Balaban J connectivity index is 1.46. The Morgan fingerprint density at radius 2 is 1.79 bits per heavy atom. The fourth-order valence-electron chi connectivity index (χ4n) is 4.62. The number of likely N-dealkylation sites (tertiary alicyclic amines) is 1. The predicted octanol–water partition coefficient (Wildman–Crippen LogP) is 5.75. The molecule has 2 aliphatic rings. The van der Waals surface area contributed by atoms with Gasteiger partial charge in [-0.2, -0.15) is 0 Å². The van der Waals surface area contributed by atoms with Gasteiger partial charge >= 0.3 is 5.97 Å². The lowest BCUT2D eigenvalue weighted by Gasteiger charge is -2.30. The Labute approximate surface area is 177 Å². The number of benzene rings is 2. The van der Waals surface area contributed by atoms with Gasteiger partial charge in [0.2, 0.25) is 0 Å². The van der Waals surface area contributed by atoms with Crippen molar-refractivity contribution in [1.82, 2.24) is 4.90 Å². The van der Waals surface area contributed by atoms with Crippen LogP contribution >= 0.6 is 11.6 Å². The number of carbonyl (C=O) groups is 1. The highest BCUT2D eigenvalue weighted by Crippen LogP contribution is 2.36. The molecule has 4 rings (SSSR count). The summed E-state index contributed by atoms with van der Waals surface area (Å²) >= 11 is 6.75. The van der Waals surface area contributed by atoms with Gasteiger partial charge in [0.15, 0.2) is 0 Å². The van der Waals surface area contributed by atoms with Crippen molar-refractivity contribution in [3.8, 4) is 5.75 Å². The minimum absolute atomic E-state index is 0.195. The highest BCUT2D eigenvalue weighted by molar-refractivity contribution is 6.37. The van der Waals surface area contributed by atoms with Crippen molar-refractivity contribution in [1.29, 1.82) is 0 Å². The molecule has 0 radical (unpaired) electrons. The standard InChI is InChI=1S/C24H30ClNO3/c1-16-2-7-20(8-3-16)29-22-9-6-18-5-4-17(14-21(18)23(22)25)15-26-12-10-19(11-13-26)24(27)28/h4-6,9,14,16,19-20H,2-3,7-8,10-13,15H2,1H3,(H,27,28)/t16-,20+. The SMILES string of the molecule is C[C@H]1CC[C@@H](Oc2ccc3ccc(CN4CCC(C(=O)O)CC4)cc3c2Cl)CC1. The second-order valence-corrected chi connectivity index (χ2v) is 9.20. The smallest absolute Gasteiger partial charge is 0.306 e. The number of aliphatic carboxylic acids is 1. The fourth-order valence-corrected chi connectivity index (χ4v) is 4.89. The van der Waals surface area contributed by atoms with Gasteiger partial charge in [0.05, 0.1) is 17.0 Å². The van der Waals surface area contributed by atoms with Gasteiger partial charge in [-0.15, -0.1) is 0 Å². The Morgan fingerprint density at radius 1 is 1.10 bits per heavy atom. The largest absolute Gasteiger partial charge is 0.489 e. The molecule has 1 saturated heterocycles. The Hall–Kier alpha value is -1.78. The van der Waals surface area contributed by atoms with E-state index in [9.17, 15) is 9.90 Å². The summed E-state index contributed by atoms with van der Waals surface area (Å²) in [7, 11) is 0. The second kappa shape index (κ2) is 8.93. The van der Waals surface area contributed by atoms with E-state index in [4.69, 9.17) is 16.3 Å². The number of hydrogen-bond acceptors (Lipinski definition) is 3. The lowest BCUT2D eigenvalue weighted by atomic mass is 9.89. The van der Waals surface area contributed by atoms with Crippen molar-refractivity contribution in [3.05, 3.63) is 40.9 Å². The van der Waals surface area contributed by atoms with Crippen molar-refractivity contribution in [2.75, 3.05) is 13.1 Å². The van der Waals surface area contributed by atoms with Gasteiger partial charge in [0, 0.05) is 11.9 Å². The normalized spacial score (nSPS) is 23.9. The minimum atomic E-state index is -0.665. The molecule has 0 bridgehead atoms. The van der Waals surface area contributed by atoms with E-state index in [2.05, 4.69) is 36.1 Å². The van der Waals surface area contributed by atoms with E-state index in [-0.39, 0.29) is 12.0 Å². The summed E-state index contributed by atoms with van der Waals surface area (Å²) in [5.41, 5.74) is 1.21. The third-order valence-electron chi connectivity index (χ3n) is 6.58. The first-order valence-electron chi connectivity index (χ1n) is 10.8. The quantitative estimate of drug-likeness (QED) is 0.675. The average Bonchev–Trinajstić information content (AvgIpc) is 2.72. The third-order valence-corrected chi connectivity index (χ3v) is 6.97. The van der Waals surface area contributed by atoms with Crippen molar-refractivity contribution in [3.63, 3.8) is 0 Å². The average molecular weight is 416 g/mol. The monoisotopic (exact) mass is 415 g/mol. The van der Waals surface area contributed by atoms with Crippen molar-refractivity contribution >= 4 is 28.3 Å². The number of fused-ring (bicyclic) bond motifs is 1. The van der Waals surface area contributed by atoms with Gasteiger partial charge in [-0.05, 0) is 80.6 Å². The molecule has 0 spiro atoms. The third kappa shape index (κ3) is 4.87. The van der Waals surface area contributed by atoms with E-state index in [1.54, 1.807) is 0 Å². The maximum absolute atomic E-state index is 11.1. The maximum atomic E-state index is 11.1. The van der Waals surface area contributed by atoms with Crippen LogP contribution in [-0.4, -0.2) is 35.2 Å². The molecule has 1 heterocycles. The maximum Gasteiger partial charge on any atom is 0.306 e. The van der Waals surface area contributed by atoms with Crippen LogP contribution in [0.4, 0.5) is 0 Å². The van der Waals surface area contributed by atoms with Gasteiger partial charge in [-0.3, -0.25) is 9.69 Å². The highest BCUT2D eigenvalue weighted by atomic mass is 35.5. The van der Waals surface area contributed by atoms with E-state index >= 15 is 0 Å². The molecule has 1 aliphatic carbocycles. The lowest BCUT2D eigenvalue weighted by molar-refractivity contribution is -0.143. The van der Waals surface area contributed by atoms with Crippen LogP contribution in [0, 0.1) is 11.8 Å². The topological polar surface area (TPSA) is 49.8 Å². The predicted molar refractivity (Wildman–Crippen MR) is 117 cm³/mol. The van der Waals surface area contributed by atoms with Crippen LogP contribution in [0.15, 0.2) is 30.3 Å². The molecule has 29 heavy (non-hydrogen) atoms. The van der Waals surface area contributed by atoms with Crippen molar-refractivity contribution in [2.24, 2.45) is 11.8 Å². The molecular weight excluding hydrogens is 386 g/mol. The van der Waals surface area contributed by atoms with Crippen LogP contribution in [0.25, 0.3) is 10.8 Å². The molecule has 156 valence electrons. The van der Waals surface area contributed by atoms with Gasteiger partial charge < -0.3 is 9.84 Å². The number of rotatable bonds is 5. The summed E-state index contributed by atoms with van der Waals surface area (Å²) in [6.07, 6.45) is 6.35. The molecule has 1 N–H and O–H groups in total. The number of nitrogens with zero attached hydrogens (tertiary/aromatic N) is 1. The van der Waals surface area contributed by atoms with Crippen LogP contribution in [0.2, 0.25) is 5.02 Å². The first-order valence-corrected chi connectivity index (χ1v) is 11.2. The molecule has 4 nitrogen and oxygen atoms in total. The van der Waals surface area contributed by atoms with E-state index < -0.39 is 5.97 Å². The molecule has 0 amide bonds. The van der Waals surface area contributed by atoms with Crippen LogP contribution in [-0.2, 0) is 11.3 Å². The van der Waals surface area contributed by atoms with Crippen molar-refractivity contribution in [2.45, 2.75) is 58.1 Å². The van der Waals surface area contributed by atoms with Gasteiger partial charge in [0.25, 0.3) is 0 Å². The number of carboxylic acid groups (broad SMARTS) is 1. The lowest BCUT2D eigenvalue weighted by Crippen LogP contribution is -2.35. The molecule has 2 fully saturated rings. The molecule has 0 unspecified atom stereocenters. The number of carboxylic acids is 1. The zero-order valence-electron chi connectivity index (χ0n) is 17.1. The Morgan fingerprint density at radius 3 is 2.48 bits per heavy atom. The Kier molecular flexibility index (Phi) is 6.31. The summed E-state index contributed by atoms with van der Waals surface area (Å²) in [6.45, 7) is 4.78. The van der Waals surface area contributed by atoms with Gasteiger partial charge in [-0.1, -0.05) is 36.7 Å². The number of piperidine rings is 1. The van der Waals surface area contributed by atoms with E-state index in [0.29, 0.717) is 5.02 Å². The molecular formula is C24H30ClNO3. The molecule has 2 aromatic carbocycles. The Bertz CT molecular complexity index is 868. The summed E-state index contributed by atoms with van der Waals surface area (Å²) < 4.78 is 6.27. The molecule has 1 saturated carbocycles. The van der Waals surface area contributed by atoms with Crippen LogP contribution in [0.1, 0.15) is 51.0 Å². The number of halogens is 1. The van der Waals surface area contributed by atoms with Crippen LogP contribution in [0.5, 0.6) is 5.75 Å². The van der Waals surface area contributed by atoms with Crippen LogP contribution in [0.3, 0.4) is 0 Å². The summed E-state index contributed by atoms with van der Waals surface area (Å²) in [5, 5.41) is 12.0. The molecule has 1 aliphatic heterocycles. The second-order valence-electron chi connectivity index (χ2n) is 8.82. The van der Waals surface area contributed by atoms with Gasteiger partial charge in [0.1, 0.15) is 5.75 Å².